The van der Waals surface area contributed by atoms with Crippen molar-refractivity contribution in [1.82, 2.24) is 15.3 Å². The van der Waals surface area contributed by atoms with E-state index in [1.54, 1.807) is 0 Å². The van der Waals surface area contributed by atoms with Gasteiger partial charge in [-0.05, 0) is 50.8 Å². The maximum atomic E-state index is 5.77. The lowest BCUT2D eigenvalue weighted by atomic mass is 9.99. The molecule has 0 amide bonds. The summed E-state index contributed by atoms with van der Waals surface area (Å²) >= 11 is 0. The fourth-order valence-electron chi connectivity index (χ4n) is 2.17. The number of hydrogen-bond acceptors (Lipinski definition) is 4. The summed E-state index contributed by atoms with van der Waals surface area (Å²) in [6.45, 7) is 9.20. The van der Waals surface area contributed by atoms with Gasteiger partial charge in [-0.3, -0.25) is 0 Å². The Hall–Kier alpha value is -1.16. The Labute approximate surface area is 109 Å². The van der Waals surface area contributed by atoms with Gasteiger partial charge < -0.3 is 10.1 Å². The highest BCUT2D eigenvalue weighted by atomic mass is 16.5. The molecule has 100 valence electrons. The van der Waals surface area contributed by atoms with Gasteiger partial charge in [0.2, 0.25) is 0 Å². The third kappa shape index (κ3) is 3.67. The van der Waals surface area contributed by atoms with Crippen molar-refractivity contribution in [1.29, 1.82) is 0 Å². The number of aryl methyl sites for hydroxylation is 1. The molecule has 0 spiro atoms. The van der Waals surface area contributed by atoms with Crippen molar-refractivity contribution >= 4 is 0 Å². The van der Waals surface area contributed by atoms with Crippen molar-refractivity contribution < 1.29 is 4.74 Å². The zero-order chi connectivity index (χ0) is 13.0. The van der Waals surface area contributed by atoms with E-state index in [-0.39, 0.29) is 0 Å². The average molecular weight is 249 g/mol. The first kappa shape index (κ1) is 13.3. The van der Waals surface area contributed by atoms with E-state index in [2.05, 4.69) is 29.1 Å². The van der Waals surface area contributed by atoms with Crippen LogP contribution in [0.2, 0.25) is 0 Å². The maximum absolute atomic E-state index is 5.77. The van der Waals surface area contributed by atoms with Gasteiger partial charge in [0.1, 0.15) is 0 Å². The van der Waals surface area contributed by atoms with E-state index in [1.165, 1.54) is 12.8 Å². The van der Waals surface area contributed by atoms with Gasteiger partial charge >= 0.3 is 6.01 Å². The molecule has 0 aromatic carbocycles. The number of aromatic nitrogens is 2. The number of nitrogens with zero attached hydrogens (tertiary/aromatic N) is 2. The van der Waals surface area contributed by atoms with Crippen LogP contribution in [0.1, 0.15) is 44.0 Å². The van der Waals surface area contributed by atoms with Crippen LogP contribution in [-0.2, 0) is 0 Å². The van der Waals surface area contributed by atoms with Gasteiger partial charge in [-0.1, -0.05) is 13.8 Å². The second-order valence-corrected chi connectivity index (χ2v) is 5.38. The van der Waals surface area contributed by atoms with Crippen molar-refractivity contribution in [2.45, 2.75) is 39.5 Å². The summed E-state index contributed by atoms with van der Waals surface area (Å²) in [5, 5.41) is 3.36. The van der Waals surface area contributed by atoms with Crippen molar-refractivity contribution in [2.24, 2.45) is 5.92 Å². The third-order valence-corrected chi connectivity index (χ3v) is 3.35. The maximum Gasteiger partial charge on any atom is 0.316 e. The van der Waals surface area contributed by atoms with Gasteiger partial charge in [0, 0.05) is 5.69 Å². The SMILES string of the molecule is Cc1cc(C(C)C)nc(OCC2CCNCC2)n1. The summed E-state index contributed by atoms with van der Waals surface area (Å²) in [5.41, 5.74) is 2.04. The zero-order valence-electron chi connectivity index (χ0n) is 11.6. The Morgan fingerprint density at radius 1 is 1.33 bits per heavy atom. The average Bonchev–Trinajstić information content (AvgIpc) is 2.37. The monoisotopic (exact) mass is 249 g/mol. The Balaban J connectivity index is 1.95. The lowest BCUT2D eigenvalue weighted by Gasteiger charge is -2.22. The number of nitrogens with one attached hydrogen (secondary N) is 1. The predicted molar refractivity (Wildman–Crippen MR) is 71.9 cm³/mol. The largest absolute Gasteiger partial charge is 0.463 e. The molecular formula is C14H23N3O. The zero-order valence-corrected chi connectivity index (χ0v) is 11.6. The van der Waals surface area contributed by atoms with Crippen molar-refractivity contribution in [3.05, 3.63) is 17.5 Å². The van der Waals surface area contributed by atoms with Crippen LogP contribution >= 0.6 is 0 Å². The van der Waals surface area contributed by atoms with E-state index < -0.39 is 0 Å². The number of piperidine rings is 1. The molecular weight excluding hydrogens is 226 g/mol. The lowest BCUT2D eigenvalue weighted by molar-refractivity contribution is 0.201. The van der Waals surface area contributed by atoms with Crippen LogP contribution < -0.4 is 10.1 Å². The third-order valence-electron chi connectivity index (χ3n) is 3.35. The topological polar surface area (TPSA) is 47.0 Å². The molecule has 0 bridgehead atoms. The van der Waals surface area contributed by atoms with Crippen LogP contribution in [0.25, 0.3) is 0 Å². The smallest absolute Gasteiger partial charge is 0.316 e. The first-order valence-corrected chi connectivity index (χ1v) is 6.84. The highest BCUT2D eigenvalue weighted by molar-refractivity contribution is 5.15. The molecule has 18 heavy (non-hydrogen) atoms. The minimum Gasteiger partial charge on any atom is -0.463 e. The molecule has 1 fully saturated rings. The van der Waals surface area contributed by atoms with Crippen molar-refractivity contribution in [3.8, 4) is 6.01 Å². The van der Waals surface area contributed by atoms with Gasteiger partial charge in [0.15, 0.2) is 0 Å². The molecule has 4 nitrogen and oxygen atoms in total. The molecule has 1 aliphatic heterocycles. The minimum atomic E-state index is 0.410. The van der Waals surface area contributed by atoms with Crippen molar-refractivity contribution in [2.75, 3.05) is 19.7 Å². The van der Waals surface area contributed by atoms with E-state index >= 15 is 0 Å². The quantitative estimate of drug-likeness (QED) is 0.889. The van der Waals surface area contributed by atoms with Gasteiger partial charge in [-0.25, -0.2) is 4.98 Å². The molecule has 1 saturated heterocycles. The summed E-state index contributed by atoms with van der Waals surface area (Å²) < 4.78 is 5.77. The summed E-state index contributed by atoms with van der Waals surface area (Å²) in [5.74, 6) is 1.05. The molecule has 0 atom stereocenters. The van der Waals surface area contributed by atoms with Crippen LogP contribution in [0.5, 0.6) is 6.01 Å². The normalized spacial score (nSPS) is 17.1. The molecule has 0 unspecified atom stereocenters. The van der Waals surface area contributed by atoms with E-state index in [9.17, 15) is 0 Å². The van der Waals surface area contributed by atoms with E-state index in [0.29, 0.717) is 17.8 Å². The molecule has 2 rings (SSSR count). The van der Waals surface area contributed by atoms with Gasteiger partial charge in [-0.2, -0.15) is 4.98 Å². The van der Waals surface area contributed by atoms with E-state index in [0.717, 1.165) is 31.1 Å². The first-order valence-electron chi connectivity index (χ1n) is 6.84. The number of ether oxygens (including phenoxy) is 1. The van der Waals surface area contributed by atoms with Crippen LogP contribution in [0.15, 0.2) is 6.07 Å². The second-order valence-electron chi connectivity index (χ2n) is 5.38. The molecule has 0 radical (unpaired) electrons. The van der Waals surface area contributed by atoms with E-state index in [4.69, 9.17) is 4.74 Å². The Kier molecular flexibility index (Phi) is 4.53. The van der Waals surface area contributed by atoms with Crippen LogP contribution in [0, 0.1) is 12.8 Å². The Morgan fingerprint density at radius 3 is 2.72 bits per heavy atom. The molecule has 0 saturated carbocycles. The fourth-order valence-corrected chi connectivity index (χ4v) is 2.17. The summed E-state index contributed by atoms with van der Waals surface area (Å²) in [6.07, 6.45) is 2.37. The summed E-state index contributed by atoms with van der Waals surface area (Å²) in [6, 6.07) is 2.57. The van der Waals surface area contributed by atoms with Crippen LogP contribution in [0.3, 0.4) is 0 Å². The van der Waals surface area contributed by atoms with Gasteiger partial charge in [0.05, 0.1) is 12.3 Å². The molecule has 1 N–H and O–H groups in total. The molecule has 0 aliphatic carbocycles. The first-order chi connectivity index (χ1) is 8.65. The number of hydrogen-bond donors (Lipinski definition) is 1. The predicted octanol–water partition coefficient (Wildman–Crippen LogP) is 2.29. The van der Waals surface area contributed by atoms with Crippen LogP contribution in [-0.4, -0.2) is 29.7 Å². The molecule has 1 aromatic rings. The van der Waals surface area contributed by atoms with E-state index in [1.807, 2.05) is 13.0 Å². The molecule has 4 heteroatoms. The second kappa shape index (κ2) is 6.14. The van der Waals surface area contributed by atoms with Crippen molar-refractivity contribution in [3.63, 3.8) is 0 Å². The Bertz CT molecular complexity index is 387. The fraction of sp³-hybridized carbons (Fsp3) is 0.714. The highest BCUT2D eigenvalue weighted by Gasteiger charge is 2.14. The van der Waals surface area contributed by atoms with Crippen LogP contribution in [0.4, 0.5) is 0 Å². The lowest BCUT2D eigenvalue weighted by Crippen LogP contribution is -2.30. The molecule has 1 aliphatic rings. The minimum absolute atomic E-state index is 0.410. The molecule has 2 heterocycles. The van der Waals surface area contributed by atoms with Gasteiger partial charge in [-0.15, -0.1) is 0 Å². The Morgan fingerprint density at radius 2 is 2.06 bits per heavy atom. The summed E-state index contributed by atoms with van der Waals surface area (Å²) in [7, 11) is 0. The summed E-state index contributed by atoms with van der Waals surface area (Å²) in [4.78, 5) is 8.82. The standard InChI is InChI=1S/C14H23N3O/c1-10(2)13-8-11(3)16-14(17-13)18-9-12-4-6-15-7-5-12/h8,10,12,15H,4-7,9H2,1-3H3. The van der Waals surface area contributed by atoms with Gasteiger partial charge in [0.25, 0.3) is 0 Å². The number of rotatable bonds is 4. The molecule has 1 aromatic heterocycles. The highest BCUT2D eigenvalue weighted by Crippen LogP contribution is 2.17.